The molecule has 0 atom stereocenters. The van der Waals surface area contributed by atoms with Gasteiger partial charge in [-0.05, 0) is 19.3 Å². The third-order valence-electron chi connectivity index (χ3n) is 5.09. The number of rotatable bonds is 21. The Kier molecular flexibility index (Phi) is 19.9. The third-order valence-corrected chi connectivity index (χ3v) is 5.09. The van der Waals surface area contributed by atoms with E-state index in [-0.39, 0.29) is 17.2 Å². The van der Waals surface area contributed by atoms with Gasteiger partial charge in [-0.2, -0.15) is 0 Å². The van der Waals surface area contributed by atoms with Crippen LogP contribution in [0.25, 0.3) is 0 Å². The first-order valence-corrected chi connectivity index (χ1v) is 11.6. The molecule has 29 heavy (non-hydrogen) atoms. The van der Waals surface area contributed by atoms with Crippen molar-refractivity contribution in [3.63, 3.8) is 0 Å². The van der Waals surface area contributed by atoms with Crippen molar-refractivity contribution in [1.82, 2.24) is 0 Å². The van der Waals surface area contributed by atoms with E-state index in [0.29, 0.717) is 19.4 Å². The van der Waals surface area contributed by atoms with E-state index in [1.807, 2.05) is 0 Å². The van der Waals surface area contributed by atoms with Crippen LogP contribution in [-0.2, 0) is 9.53 Å². The minimum atomic E-state index is -0.519. The molecule has 0 spiro atoms. The minimum Gasteiger partial charge on any atom is -0.461 e. The van der Waals surface area contributed by atoms with Crippen LogP contribution in [0.2, 0.25) is 0 Å². The van der Waals surface area contributed by atoms with Crippen LogP contribution < -0.4 is 0 Å². The van der Waals surface area contributed by atoms with Gasteiger partial charge in [0.25, 0.3) is 0 Å². The first-order chi connectivity index (χ1) is 14.1. The molecule has 0 aliphatic carbocycles. The molecule has 170 valence electrons. The molecule has 0 aliphatic heterocycles. The van der Waals surface area contributed by atoms with Crippen molar-refractivity contribution < 1.29 is 19.7 Å². The summed E-state index contributed by atoms with van der Waals surface area (Å²) in [7, 11) is 0. The highest BCUT2D eigenvalue weighted by molar-refractivity contribution is 6.36. The number of hydrogen-bond acceptors (Lipinski definition) is 6. The van der Waals surface area contributed by atoms with E-state index in [2.05, 4.69) is 12.1 Å². The van der Waals surface area contributed by atoms with Crippen molar-refractivity contribution in [2.75, 3.05) is 13.2 Å². The molecule has 0 aromatic carbocycles. The Balaban J connectivity index is 3.53. The zero-order chi connectivity index (χ0) is 21.6. The standard InChI is InChI=1S/C22H42N2O5/c1-2-3-4-5-6-7-8-11-14-17-20-29-22(25)21(23-26)18-15-12-9-10-13-16-19-24(27)28/h26H,2-20H2,1H3/b23-21+. The van der Waals surface area contributed by atoms with Gasteiger partial charge in [0.1, 0.15) is 0 Å². The van der Waals surface area contributed by atoms with Crippen LogP contribution in [0.5, 0.6) is 0 Å². The number of carbonyl (C=O) groups excluding carboxylic acids is 1. The molecule has 0 rings (SSSR count). The molecular weight excluding hydrogens is 372 g/mol. The predicted octanol–water partition coefficient (Wildman–Crippen LogP) is 6.29. The van der Waals surface area contributed by atoms with E-state index in [1.165, 1.54) is 51.4 Å². The molecule has 0 aliphatic rings. The zero-order valence-electron chi connectivity index (χ0n) is 18.4. The SMILES string of the molecule is CCCCCCCCCCCCOC(=O)/C(CCCCCCCC[N+](=O)[O-])=N/O. The van der Waals surface area contributed by atoms with Gasteiger partial charge in [0.05, 0.1) is 6.61 Å². The number of nitro groups is 1. The fourth-order valence-electron chi connectivity index (χ4n) is 3.27. The summed E-state index contributed by atoms with van der Waals surface area (Å²) in [5, 5.41) is 22.3. The van der Waals surface area contributed by atoms with E-state index >= 15 is 0 Å². The van der Waals surface area contributed by atoms with Crippen LogP contribution in [0.15, 0.2) is 5.16 Å². The Labute approximate surface area is 176 Å². The molecule has 7 heteroatoms. The van der Waals surface area contributed by atoms with Crippen LogP contribution in [0, 0.1) is 10.1 Å². The highest BCUT2D eigenvalue weighted by Gasteiger charge is 2.13. The summed E-state index contributed by atoms with van der Waals surface area (Å²) in [4.78, 5) is 21.9. The lowest BCUT2D eigenvalue weighted by Crippen LogP contribution is -2.18. The Morgan fingerprint density at radius 3 is 1.83 bits per heavy atom. The topological polar surface area (TPSA) is 102 Å². The number of oxime groups is 1. The van der Waals surface area contributed by atoms with Crippen LogP contribution in [0.3, 0.4) is 0 Å². The van der Waals surface area contributed by atoms with Crippen LogP contribution in [-0.4, -0.2) is 35.0 Å². The number of carbonyl (C=O) groups is 1. The monoisotopic (exact) mass is 414 g/mol. The van der Waals surface area contributed by atoms with Crippen molar-refractivity contribution >= 4 is 11.7 Å². The predicted molar refractivity (Wildman–Crippen MR) is 116 cm³/mol. The molecule has 0 radical (unpaired) electrons. The number of nitrogens with zero attached hydrogens (tertiary/aromatic N) is 2. The quantitative estimate of drug-likeness (QED) is 0.0594. The molecule has 0 amide bonds. The fraction of sp³-hybridized carbons (Fsp3) is 0.909. The molecule has 1 N–H and O–H groups in total. The van der Waals surface area contributed by atoms with E-state index < -0.39 is 5.97 Å². The lowest BCUT2D eigenvalue weighted by Gasteiger charge is -2.06. The number of hydrogen-bond donors (Lipinski definition) is 1. The lowest BCUT2D eigenvalue weighted by atomic mass is 10.1. The van der Waals surface area contributed by atoms with E-state index in [0.717, 1.165) is 44.9 Å². The maximum absolute atomic E-state index is 11.9. The van der Waals surface area contributed by atoms with Gasteiger partial charge in [-0.1, -0.05) is 89.1 Å². The summed E-state index contributed by atoms with van der Waals surface area (Å²) in [5.74, 6) is -0.519. The maximum Gasteiger partial charge on any atom is 0.356 e. The summed E-state index contributed by atoms with van der Waals surface area (Å²) >= 11 is 0. The van der Waals surface area contributed by atoms with E-state index in [1.54, 1.807) is 0 Å². The van der Waals surface area contributed by atoms with Gasteiger partial charge in [0.2, 0.25) is 6.54 Å². The summed E-state index contributed by atoms with van der Waals surface area (Å²) < 4.78 is 5.21. The second-order valence-electron chi connectivity index (χ2n) is 7.79. The molecule has 0 saturated carbocycles. The van der Waals surface area contributed by atoms with Crippen LogP contribution in [0.1, 0.15) is 116 Å². The second-order valence-corrected chi connectivity index (χ2v) is 7.79. The van der Waals surface area contributed by atoms with Crippen molar-refractivity contribution in [2.24, 2.45) is 5.16 Å². The smallest absolute Gasteiger partial charge is 0.356 e. The Morgan fingerprint density at radius 1 is 0.828 bits per heavy atom. The van der Waals surface area contributed by atoms with Crippen molar-refractivity contribution in [3.05, 3.63) is 10.1 Å². The van der Waals surface area contributed by atoms with Crippen LogP contribution in [0.4, 0.5) is 0 Å². The van der Waals surface area contributed by atoms with Crippen molar-refractivity contribution in [2.45, 2.75) is 116 Å². The average Bonchev–Trinajstić information content (AvgIpc) is 2.70. The first kappa shape index (κ1) is 27.3. The minimum absolute atomic E-state index is 0.0339. The Bertz CT molecular complexity index is 441. The highest BCUT2D eigenvalue weighted by atomic mass is 16.6. The molecule has 0 fully saturated rings. The maximum atomic E-state index is 11.9. The van der Waals surface area contributed by atoms with Gasteiger partial charge < -0.3 is 9.94 Å². The van der Waals surface area contributed by atoms with Crippen LogP contribution >= 0.6 is 0 Å². The van der Waals surface area contributed by atoms with E-state index in [4.69, 9.17) is 9.94 Å². The van der Waals surface area contributed by atoms with Gasteiger partial charge in [-0.15, -0.1) is 0 Å². The Hall–Kier alpha value is -1.66. The summed E-state index contributed by atoms with van der Waals surface area (Å²) in [6, 6.07) is 0. The van der Waals surface area contributed by atoms with Gasteiger partial charge in [-0.3, -0.25) is 10.1 Å². The molecule has 0 bridgehead atoms. The first-order valence-electron chi connectivity index (χ1n) is 11.6. The van der Waals surface area contributed by atoms with Gasteiger partial charge in [0, 0.05) is 17.8 Å². The highest BCUT2D eigenvalue weighted by Crippen LogP contribution is 2.11. The van der Waals surface area contributed by atoms with Gasteiger partial charge >= 0.3 is 5.97 Å². The molecule has 0 aromatic heterocycles. The molecule has 0 aromatic rings. The summed E-state index contributed by atoms with van der Waals surface area (Å²) in [6.07, 6.45) is 17.7. The zero-order valence-corrected chi connectivity index (χ0v) is 18.4. The normalized spacial score (nSPS) is 11.6. The fourth-order valence-corrected chi connectivity index (χ4v) is 3.27. The number of esters is 1. The van der Waals surface area contributed by atoms with Crippen molar-refractivity contribution in [1.29, 1.82) is 0 Å². The summed E-state index contributed by atoms with van der Waals surface area (Å²) in [5.41, 5.74) is 0.0884. The molecule has 7 nitrogen and oxygen atoms in total. The molecular formula is C22H42N2O5. The second kappa shape index (κ2) is 21.1. The average molecular weight is 415 g/mol. The van der Waals surface area contributed by atoms with Gasteiger partial charge in [-0.25, -0.2) is 4.79 Å². The number of ether oxygens (including phenoxy) is 1. The van der Waals surface area contributed by atoms with E-state index in [9.17, 15) is 14.9 Å². The third kappa shape index (κ3) is 19.4. The lowest BCUT2D eigenvalue weighted by molar-refractivity contribution is -0.480. The number of unbranched alkanes of at least 4 members (excludes halogenated alkanes) is 14. The molecule has 0 unspecified atom stereocenters. The van der Waals surface area contributed by atoms with Crippen molar-refractivity contribution in [3.8, 4) is 0 Å². The largest absolute Gasteiger partial charge is 0.461 e. The summed E-state index contributed by atoms with van der Waals surface area (Å²) in [6.45, 7) is 2.65. The van der Waals surface area contributed by atoms with Gasteiger partial charge in [0.15, 0.2) is 5.71 Å². The molecule has 0 heterocycles. The Morgan fingerprint density at radius 2 is 1.31 bits per heavy atom. The molecule has 0 saturated heterocycles.